The Kier molecular flexibility index (Phi) is 7.83. The maximum Gasteiger partial charge on any atom is 0.240 e. The molecule has 1 aliphatic heterocycles. The second-order valence-corrected chi connectivity index (χ2v) is 8.07. The second kappa shape index (κ2) is 8.87. The fourth-order valence-electron chi connectivity index (χ4n) is 2.80. The summed E-state index contributed by atoms with van der Waals surface area (Å²) in [7, 11) is -3.36. The topological polar surface area (TPSA) is 49.4 Å². The number of halogens is 1. The third kappa shape index (κ3) is 5.88. The second-order valence-electron chi connectivity index (χ2n) is 6.30. The number of hydrogen-bond donors (Lipinski definition) is 1. The zero-order valence-corrected chi connectivity index (χ0v) is 15.0. The predicted molar refractivity (Wildman–Crippen MR) is 92.9 cm³/mol. The minimum absolute atomic E-state index is 0. The Morgan fingerprint density at radius 2 is 1.77 bits per heavy atom. The third-order valence-corrected chi connectivity index (χ3v) is 5.39. The molecule has 0 aliphatic carbocycles. The van der Waals surface area contributed by atoms with Gasteiger partial charge in [-0.3, -0.25) is 0 Å². The van der Waals surface area contributed by atoms with Crippen molar-refractivity contribution in [3.63, 3.8) is 0 Å². The molecule has 126 valence electrons. The van der Waals surface area contributed by atoms with Crippen molar-refractivity contribution in [2.45, 2.75) is 31.6 Å². The van der Waals surface area contributed by atoms with E-state index in [1.165, 1.54) is 0 Å². The van der Waals surface area contributed by atoms with Gasteiger partial charge in [0.05, 0.1) is 4.90 Å². The van der Waals surface area contributed by atoms with E-state index in [1.807, 2.05) is 6.07 Å². The summed E-state index contributed by atoms with van der Waals surface area (Å²) in [6.07, 6.45) is 2.15. The van der Waals surface area contributed by atoms with Crippen LogP contribution in [0.5, 0.6) is 0 Å². The molecule has 0 atom stereocenters. The summed E-state index contributed by atoms with van der Waals surface area (Å²) in [6, 6.07) is 8.59. The molecule has 0 unspecified atom stereocenters. The first kappa shape index (κ1) is 19.4. The van der Waals surface area contributed by atoms with E-state index in [2.05, 4.69) is 23.5 Å². The molecule has 4 nitrogen and oxygen atoms in total. The average Bonchev–Trinajstić information content (AvgIpc) is 2.47. The minimum atomic E-state index is -3.36. The lowest BCUT2D eigenvalue weighted by Crippen LogP contribution is -2.40. The molecule has 1 aromatic rings. The molecule has 1 fully saturated rings. The van der Waals surface area contributed by atoms with E-state index in [0.29, 0.717) is 23.3 Å². The third-order valence-electron chi connectivity index (χ3n) is 3.95. The Balaban J connectivity index is 0.00000242. The van der Waals surface area contributed by atoms with Crippen LogP contribution in [0.4, 0.5) is 0 Å². The molecular weight excluding hydrogens is 320 g/mol. The molecule has 0 saturated carbocycles. The zero-order chi connectivity index (χ0) is 15.3. The van der Waals surface area contributed by atoms with Gasteiger partial charge in [-0.05, 0) is 49.9 Å². The normalized spacial score (nSPS) is 17.4. The lowest BCUT2D eigenvalue weighted by atomic mass is 9.96. The lowest BCUT2D eigenvalue weighted by molar-refractivity contribution is 0.169. The highest BCUT2D eigenvalue weighted by atomic mass is 35.5. The van der Waals surface area contributed by atoms with E-state index in [0.717, 1.165) is 32.5 Å². The van der Waals surface area contributed by atoms with Gasteiger partial charge in [0, 0.05) is 13.1 Å². The van der Waals surface area contributed by atoms with Crippen molar-refractivity contribution in [2.75, 3.05) is 26.2 Å². The van der Waals surface area contributed by atoms with Crippen LogP contribution in [-0.4, -0.2) is 39.5 Å². The highest BCUT2D eigenvalue weighted by Gasteiger charge is 2.22. The average molecular weight is 347 g/mol. The van der Waals surface area contributed by atoms with Crippen LogP contribution >= 0.6 is 12.4 Å². The van der Waals surface area contributed by atoms with Crippen LogP contribution in [0.1, 0.15) is 26.7 Å². The van der Waals surface area contributed by atoms with E-state index in [9.17, 15) is 8.42 Å². The first-order valence-electron chi connectivity index (χ1n) is 7.74. The van der Waals surface area contributed by atoms with Gasteiger partial charge in [0.1, 0.15) is 0 Å². The summed E-state index contributed by atoms with van der Waals surface area (Å²) in [5, 5.41) is 0. The van der Waals surface area contributed by atoms with Crippen molar-refractivity contribution in [3.05, 3.63) is 30.3 Å². The summed E-state index contributed by atoms with van der Waals surface area (Å²) >= 11 is 0. The first-order valence-corrected chi connectivity index (χ1v) is 9.23. The van der Waals surface area contributed by atoms with Gasteiger partial charge in [-0.25, -0.2) is 13.1 Å². The Labute approximate surface area is 140 Å². The molecule has 1 heterocycles. The van der Waals surface area contributed by atoms with Gasteiger partial charge >= 0.3 is 0 Å². The van der Waals surface area contributed by atoms with Crippen molar-refractivity contribution in [1.29, 1.82) is 0 Å². The van der Waals surface area contributed by atoms with Crippen LogP contribution in [0.25, 0.3) is 0 Å². The molecule has 1 saturated heterocycles. The molecule has 0 bridgehead atoms. The molecule has 0 radical (unpaired) electrons. The van der Waals surface area contributed by atoms with Crippen LogP contribution in [0.3, 0.4) is 0 Å². The SMILES string of the molecule is CC(C)CN1CCC(CNS(=O)(=O)c2ccccc2)CC1.Cl. The Bertz CT molecular complexity index is 526. The zero-order valence-electron chi connectivity index (χ0n) is 13.4. The monoisotopic (exact) mass is 346 g/mol. The van der Waals surface area contributed by atoms with Crippen LogP contribution in [0, 0.1) is 11.8 Å². The Hall–Kier alpha value is -0.620. The van der Waals surface area contributed by atoms with Crippen LogP contribution in [0.15, 0.2) is 35.2 Å². The van der Waals surface area contributed by atoms with Gasteiger partial charge in [0.25, 0.3) is 0 Å². The smallest absolute Gasteiger partial charge is 0.240 e. The van der Waals surface area contributed by atoms with Gasteiger partial charge in [-0.1, -0.05) is 32.0 Å². The minimum Gasteiger partial charge on any atom is -0.303 e. The Morgan fingerprint density at radius 1 is 1.18 bits per heavy atom. The maximum absolute atomic E-state index is 12.2. The number of likely N-dealkylation sites (tertiary alicyclic amines) is 1. The number of benzene rings is 1. The number of nitrogens with one attached hydrogen (secondary N) is 1. The molecule has 1 N–H and O–H groups in total. The van der Waals surface area contributed by atoms with E-state index in [4.69, 9.17) is 0 Å². The molecule has 6 heteroatoms. The van der Waals surface area contributed by atoms with Crippen molar-refractivity contribution < 1.29 is 8.42 Å². The summed E-state index contributed by atoms with van der Waals surface area (Å²) in [6.45, 7) is 8.32. The highest BCUT2D eigenvalue weighted by molar-refractivity contribution is 7.89. The number of piperidine rings is 1. The van der Waals surface area contributed by atoms with Gasteiger partial charge in [0.15, 0.2) is 0 Å². The summed E-state index contributed by atoms with van der Waals surface area (Å²) in [4.78, 5) is 2.83. The molecule has 1 aromatic carbocycles. The standard InChI is InChI=1S/C16H26N2O2S.ClH/c1-14(2)13-18-10-8-15(9-11-18)12-17-21(19,20)16-6-4-3-5-7-16;/h3-7,14-15,17H,8-13H2,1-2H3;1H. The molecule has 1 aliphatic rings. The van der Waals surface area contributed by atoms with Crippen molar-refractivity contribution in [3.8, 4) is 0 Å². The summed E-state index contributed by atoms with van der Waals surface area (Å²) < 4.78 is 27.1. The number of sulfonamides is 1. The quantitative estimate of drug-likeness (QED) is 0.861. The van der Waals surface area contributed by atoms with Crippen molar-refractivity contribution >= 4 is 22.4 Å². The maximum atomic E-state index is 12.2. The number of hydrogen-bond acceptors (Lipinski definition) is 3. The predicted octanol–water partition coefficient (Wildman–Crippen LogP) is 2.75. The van der Waals surface area contributed by atoms with Gasteiger partial charge < -0.3 is 4.90 Å². The van der Waals surface area contributed by atoms with Crippen LogP contribution in [-0.2, 0) is 10.0 Å². The lowest BCUT2D eigenvalue weighted by Gasteiger charge is -2.32. The highest BCUT2D eigenvalue weighted by Crippen LogP contribution is 2.18. The summed E-state index contributed by atoms with van der Waals surface area (Å²) in [5.41, 5.74) is 0. The number of nitrogens with zero attached hydrogens (tertiary/aromatic N) is 1. The molecule has 0 aromatic heterocycles. The molecule has 0 amide bonds. The molecule has 2 rings (SSSR count). The fraction of sp³-hybridized carbons (Fsp3) is 0.625. The number of rotatable bonds is 6. The molecule has 22 heavy (non-hydrogen) atoms. The van der Waals surface area contributed by atoms with E-state index >= 15 is 0 Å². The fourth-order valence-corrected chi connectivity index (χ4v) is 3.94. The molecule has 0 spiro atoms. The van der Waals surface area contributed by atoms with Crippen LogP contribution < -0.4 is 4.72 Å². The van der Waals surface area contributed by atoms with Crippen LogP contribution in [0.2, 0.25) is 0 Å². The first-order chi connectivity index (χ1) is 9.97. The van der Waals surface area contributed by atoms with E-state index in [1.54, 1.807) is 24.3 Å². The van der Waals surface area contributed by atoms with E-state index < -0.39 is 10.0 Å². The summed E-state index contributed by atoms with van der Waals surface area (Å²) in [5.74, 6) is 1.14. The molecular formula is C16H27ClN2O2S. The van der Waals surface area contributed by atoms with Crippen molar-refractivity contribution in [2.24, 2.45) is 11.8 Å². The van der Waals surface area contributed by atoms with Gasteiger partial charge in [0.2, 0.25) is 10.0 Å². The van der Waals surface area contributed by atoms with Gasteiger partial charge in [-0.2, -0.15) is 0 Å². The largest absolute Gasteiger partial charge is 0.303 e. The van der Waals surface area contributed by atoms with Crippen molar-refractivity contribution in [1.82, 2.24) is 9.62 Å². The van der Waals surface area contributed by atoms with E-state index in [-0.39, 0.29) is 12.4 Å². The Morgan fingerprint density at radius 3 is 2.32 bits per heavy atom. The van der Waals surface area contributed by atoms with Gasteiger partial charge in [-0.15, -0.1) is 12.4 Å².